The fourth-order valence-corrected chi connectivity index (χ4v) is 8.31. The molecule has 0 radical (unpaired) electrons. The number of aromatic nitrogens is 2. The average molecular weight is 551 g/mol. The number of carbonyl (C=O) groups is 1. The van der Waals surface area contributed by atoms with Gasteiger partial charge in [-0.25, -0.2) is 4.98 Å². The number of rotatable bonds is 8. The van der Waals surface area contributed by atoms with Crippen molar-refractivity contribution in [3.63, 3.8) is 0 Å². The van der Waals surface area contributed by atoms with Gasteiger partial charge >= 0.3 is 5.97 Å². The first-order valence-corrected chi connectivity index (χ1v) is 15.4. The van der Waals surface area contributed by atoms with Crippen molar-refractivity contribution in [2.75, 3.05) is 19.8 Å². The summed E-state index contributed by atoms with van der Waals surface area (Å²) < 4.78 is 13.0. The van der Waals surface area contributed by atoms with Crippen molar-refractivity contribution in [2.24, 2.45) is 17.0 Å². The monoisotopic (exact) mass is 550 g/mol. The maximum absolute atomic E-state index is 14.1. The number of nitroso groups, excluding NO2 is 1. The Balaban J connectivity index is 1.30. The summed E-state index contributed by atoms with van der Waals surface area (Å²) in [5, 5.41) is 3.25. The van der Waals surface area contributed by atoms with E-state index < -0.39 is 12.0 Å². The lowest BCUT2D eigenvalue weighted by molar-refractivity contribution is -0.143. The van der Waals surface area contributed by atoms with Crippen molar-refractivity contribution in [1.82, 2.24) is 14.5 Å². The summed E-state index contributed by atoms with van der Waals surface area (Å²) >= 11 is 0. The zero-order valence-corrected chi connectivity index (χ0v) is 23.6. The van der Waals surface area contributed by atoms with Crippen molar-refractivity contribution in [2.45, 2.75) is 108 Å². The van der Waals surface area contributed by atoms with Gasteiger partial charge in [-0.1, -0.05) is 43.0 Å². The summed E-state index contributed by atoms with van der Waals surface area (Å²) in [6.45, 7) is 3.40. The molecule has 6 atom stereocenters. The minimum atomic E-state index is -0.999. The second-order valence-corrected chi connectivity index (χ2v) is 12.4. The van der Waals surface area contributed by atoms with Gasteiger partial charge in [-0.2, -0.15) is 4.91 Å². The molecule has 0 N–H and O–H groups in total. The molecule has 9 nitrogen and oxygen atoms in total. The van der Waals surface area contributed by atoms with E-state index in [1.54, 1.807) is 6.92 Å². The van der Waals surface area contributed by atoms with Gasteiger partial charge in [-0.3, -0.25) is 14.5 Å². The predicted molar refractivity (Wildman–Crippen MR) is 152 cm³/mol. The molecule has 9 heteroatoms. The Morgan fingerprint density at radius 3 is 2.40 bits per heavy atom. The topological polar surface area (TPSA) is 103 Å². The van der Waals surface area contributed by atoms with Gasteiger partial charge in [0, 0.05) is 30.6 Å². The molecule has 4 bridgehead atoms. The third-order valence-corrected chi connectivity index (χ3v) is 9.88. The van der Waals surface area contributed by atoms with Crippen LogP contribution in [0.5, 0.6) is 0 Å². The molecule has 2 saturated heterocycles. The van der Waals surface area contributed by atoms with Gasteiger partial charge in [-0.15, -0.1) is 0 Å². The van der Waals surface area contributed by atoms with Crippen LogP contribution in [0.4, 0.5) is 0 Å². The number of morpholine rings is 1. The summed E-state index contributed by atoms with van der Waals surface area (Å²) in [5.41, 5.74) is 1.31. The lowest BCUT2D eigenvalue weighted by atomic mass is 9.75. The van der Waals surface area contributed by atoms with E-state index >= 15 is 0 Å². The molecule has 4 unspecified atom stereocenters. The molecule has 216 valence electrons. The van der Waals surface area contributed by atoms with E-state index in [0.29, 0.717) is 24.8 Å². The van der Waals surface area contributed by atoms with Crippen molar-refractivity contribution in [3.8, 4) is 0 Å². The molecule has 0 amide bonds. The smallest absolute Gasteiger partial charge is 0.305 e. The van der Waals surface area contributed by atoms with Crippen molar-refractivity contribution < 1.29 is 14.3 Å². The van der Waals surface area contributed by atoms with Crippen LogP contribution in [0.2, 0.25) is 0 Å². The van der Waals surface area contributed by atoms with Crippen molar-refractivity contribution >= 4 is 17.0 Å². The van der Waals surface area contributed by atoms with E-state index in [2.05, 4.69) is 15.1 Å². The van der Waals surface area contributed by atoms with Crippen LogP contribution in [0.3, 0.4) is 0 Å². The zero-order valence-electron chi connectivity index (χ0n) is 23.6. The Morgan fingerprint density at radius 1 is 1.02 bits per heavy atom. The van der Waals surface area contributed by atoms with Crippen LogP contribution in [0.1, 0.15) is 95.3 Å². The number of fused-ring (bicyclic) bond motifs is 5. The molecule has 2 aliphatic carbocycles. The molecule has 2 saturated carbocycles. The fourth-order valence-electron chi connectivity index (χ4n) is 8.31. The summed E-state index contributed by atoms with van der Waals surface area (Å²) in [6.07, 6.45) is 11.3. The van der Waals surface area contributed by atoms with Crippen LogP contribution < -0.4 is 5.56 Å². The maximum Gasteiger partial charge on any atom is 0.305 e. The molecule has 0 spiro atoms. The van der Waals surface area contributed by atoms with Gasteiger partial charge < -0.3 is 14.0 Å². The van der Waals surface area contributed by atoms with Crippen LogP contribution in [0.25, 0.3) is 11.0 Å². The van der Waals surface area contributed by atoms with Crippen LogP contribution in [-0.4, -0.2) is 58.4 Å². The molecule has 4 fully saturated rings. The number of para-hydroxylation sites is 2. The number of benzene rings is 1. The van der Waals surface area contributed by atoms with Crippen LogP contribution in [0, 0.1) is 16.7 Å². The number of hydrogen-bond acceptors (Lipinski definition) is 8. The van der Waals surface area contributed by atoms with Gasteiger partial charge in [-0.05, 0) is 69.4 Å². The molecule has 2 aliphatic heterocycles. The highest BCUT2D eigenvalue weighted by Crippen LogP contribution is 2.45. The number of nitrogens with zero attached hydrogens (tertiary/aromatic N) is 4. The molecule has 1 aromatic carbocycles. The lowest BCUT2D eigenvalue weighted by Gasteiger charge is -2.54. The van der Waals surface area contributed by atoms with Crippen LogP contribution in [-0.2, 0) is 14.3 Å². The maximum atomic E-state index is 14.1. The highest BCUT2D eigenvalue weighted by atomic mass is 16.5. The summed E-state index contributed by atoms with van der Waals surface area (Å²) in [7, 11) is 0. The minimum absolute atomic E-state index is 0.0153. The molecule has 2 aromatic rings. The molecular weight excluding hydrogens is 508 g/mol. The molecule has 4 aliphatic rings. The van der Waals surface area contributed by atoms with Gasteiger partial charge in [0.05, 0.1) is 30.9 Å². The first-order chi connectivity index (χ1) is 19.6. The highest BCUT2D eigenvalue weighted by Gasteiger charge is 2.46. The Bertz CT molecular complexity index is 1250. The van der Waals surface area contributed by atoms with E-state index in [1.165, 1.54) is 44.9 Å². The number of ether oxygens (including phenoxy) is 2. The third-order valence-electron chi connectivity index (χ3n) is 9.88. The van der Waals surface area contributed by atoms with Crippen molar-refractivity contribution in [1.29, 1.82) is 0 Å². The van der Waals surface area contributed by atoms with Crippen LogP contribution in [0.15, 0.2) is 34.2 Å². The first kappa shape index (κ1) is 27.5. The minimum Gasteiger partial charge on any atom is -0.466 e. The quantitative estimate of drug-likeness (QED) is 0.324. The number of carbonyl (C=O) groups excluding carboxylic acids is 1. The fraction of sp³-hybridized carbons (Fsp3) is 0.710. The Labute approximate surface area is 235 Å². The van der Waals surface area contributed by atoms with Crippen LogP contribution >= 0.6 is 0 Å². The zero-order chi connectivity index (χ0) is 27.6. The SMILES string of the molecule is CCOC(=O)CCC(N=O)c1nc2ccccc2n(C2C[C@H]3COC[C@@H](C2)N3C2CC3CCCCC(C3)C2)c1=O. The Kier molecular flexibility index (Phi) is 8.30. The standard InChI is InChI=1S/C31H42N4O5/c1-2-40-29(36)12-11-27(33-38)30-31(37)35(28-10-6-5-9-26(28)32-30)23-16-24-18-39-19-25(17-23)34(24)22-14-20-7-3-4-8-21(13-20)15-22/h5-6,9-10,20-25,27H,2-4,7-8,11-19H2,1H3/t20?,21?,22?,23?,24-,25+,27?. The summed E-state index contributed by atoms with van der Waals surface area (Å²) in [5.74, 6) is 1.30. The van der Waals surface area contributed by atoms with E-state index in [0.717, 1.165) is 30.2 Å². The van der Waals surface area contributed by atoms with Gasteiger partial charge in [0.25, 0.3) is 5.56 Å². The summed E-state index contributed by atoms with van der Waals surface area (Å²) in [4.78, 5) is 45.4. The molecule has 1 aromatic heterocycles. The van der Waals surface area contributed by atoms with E-state index in [9.17, 15) is 14.5 Å². The first-order valence-electron chi connectivity index (χ1n) is 15.4. The van der Waals surface area contributed by atoms with E-state index in [4.69, 9.17) is 9.47 Å². The molecule has 6 rings (SSSR count). The lowest BCUT2D eigenvalue weighted by Crippen LogP contribution is -2.62. The third kappa shape index (κ3) is 5.47. The van der Waals surface area contributed by atoms with E-state index in [1.807, 2.05) is 28.8 Å². The second kappa shape index (κ2) is 12.1. The predicted octanol–water partition coefficient (Wildman–Crippen LogP) is 5.31. The van der Waals surface area contributed by atoms with Gasteiger partial charge in [0.1, 0.15) is 11.7 Å². The van der Waals surface area contributed by atoms with Gasteiger partial charge in [0.2, 0.25) is 0 Å². The normalized spacial score (nSPS) is 31.3. The van der Waals surface area contributed by atoms with E-state index in [-0.39, 0.29) is 48.8 Å². The number of piperidine rings is 1. The molecular formula is C31H42N4O5. The average Bonchev–Trinajstić information content (AvgIpc) is 3.12. The number of esters is 1. The van der Waals surface area contributed by atoms with Gasteiger partial charge in [0.15, 0.2) is 0 Å². The highest BCUT2D eigenvalue weighted by molar-refractivity contribution is 5.75. The Hall–Kier alpha value is -2.65. The molecule has 3 heterocycles. The largest absolute Gasteiger partial charge is 0.466 e. The number of hydrogen-bond donors (Lipinski definition) is 0. The second-order valence-electron chi connectivity index (χ2n) is 12.4. The van der Waals surface area contributed by atoms with Crippen molar-refractivity contribution in [3.05, 3.63) is 45.2 Å². The molecule has 40 heavy (non-hydrogen) atoms. The summed E-state index contributed by atoms with van der Waals surface area (Å²) in [6, 6.07) is 7.78. The Morgan fingerprint density at radius 2 is 1.73 bits per heavy atom.